The Labute approximate surface area is 114 Å². The van der Waals surface area contributed by atoms with Gasteiger partial charge in [0.15, 0.2) is 11.5 Å². The molecule has 1 atom stereocenters. The zero-order chi connectivity index (χ0) is 15.1. The third-order valence-electron chi connectivity index (χ3n) is 2.36. The summed E-state index contributed by atoms with van der Waals surface area (Å²) in [5, 5.41) is 14.7. The summed E-state index contributed by atoms with van der Waals surface area (Å²) in [7, 11) is 1.45. The lowest BCUT2D eigenvalue weighted by atomic mass is 10.1. The molecule has 0 aliphatic rings. The van der Waals surface area contributed by atoms with Crippen molar-refractivity contribution in [1.82, 2.24) is 10.5 Å². The van der Waals surface area contributed by atoms with Gasteiger partial charge in [-0.1, -0.05) is 5.16 Å². The van der Waals surface area contributed by atoms with Crippen LogP contribution >= 0.6 is 0 Å². The molecule has 0 aliphatic heterocycles. The van der Waals surface area contributed by atoms with Crippen LogP contribution in [0.1, 0.15) is 29.1 Å². The molecule has 1 heterocycles. The van der Waals surface area contributed by atoms with Gasteiger partial charge >= 0.3 is 5.97 Å². The number of aromatic nitrogens is 1. The predicted molar refractivity (Wildman–Crippen MR) is 64.5 cm³/mol. The molecule has 1 unspecified atom stereocenters. The van der Waals surface area contributed by atoms with Crippen molar-refractivity contribution in [2.45, 2.75) is 25.5 Å². The Morgan fingerprint density at radius 1 is 1.55 bits per heavy atom. The highest BCUT2D eigenvalue weighted by Crippen LogP contribution is 2.06. The number of primary amides is 1. The molecular formula is C11H15N3O6. The third kappa shape index (κ3) is 4.69. The molecule has 9 nitrogen and oxygen atoms in total. The maximum atomic E-state index is 11.8. The van der Waals surface area contributed by atoms with E-state index in [1.807, 2.05) is 0 Å². The van der Waals surface area contributed by atoms with E-state index in [1.54, 1.807) is 0 Å². The summed E-state index contributed by atoms with van der Waals surface area (Å²) in [4.78, 5) is 33.4. The average molecular weight is 285 g/mol. The number of methoxy groups -OCH3 is 1. The number of carboxylic acids is 1. The van der Waals surface area contributed by atoms with E-state index in [-0.39, 0.29) is 25.1 Å². The molecule has 1 rings (SSSR count). The number of carbonyl (C=O) groups excluding carboxylic acids is 2. The molecule has 0 spiro atoms. The van der Waals surface area contributed by atoms with Crippen molar-refractivity contribution in [3.05, 3.63) is 17.5 Å². The first kappa shape index (κ1) is 15.6. The van der Waals surface area contributed by atoms with Crippen molar-refractivity contribution in [1.29, 1.82) is 0 Å². The predicted octanol–water partition coefficient (Wildman–Crippen LogP) is -0.730. The van der Waals surface area contributed by atoms with E-state index in [1.165, 1.54) is 13.2 Å². The Balaban J connectivity index is 2.64. The van der Waals surface area contributed by atoms with Gasteiger partial charge < -0.3 is 25.4 Å². The highest BCUT2D eigenvalue weighted by molar-refractivity contribution is 5.95. The lowest BCUT2D eigenvalue weighted by Gasteiger charge is -2.12. The lowest BCUT2D eigenvalue weighted by Crippen LogP contribution is -2.41. The Kier molecular flexibility index (Phi) is 5.66. The smallest absolute Gasteiger partial charge is 0.326 e. The number of ether oxygens (including phenoxy) is 1. The van der Waals surface area contributed by atoms with Crippen LogP contribution in [0.25, 0.3) is 0 Å². The van der Waals surface area contributed by atoms with E-state index < -0.39 is 23.8 Å². The van der Waals surface area contributed by atoms with Gasteiger partial charge in [0.2, 0.25) is 5.91 Å². The van der Waals surface area contributed by atoms with Crippen molar-refractivity contribution in [3.8, 4) is 0 Å². The van der Waals surface area contributed by atoms with Crippen LogP contribution in [0.15, 0.2) is 10.6 Å². The minimum absolute atomic E-state index is 0.0672. The molecule has 0 saturated heterocycles. The largest absolute Gasteiger partial charge is 0.480 e. The molecule has 2 amide bonds. The topological polar surface area (TPSA) is 145 Å². The number of amides is 2. The van der Waals surface area contributed by atoms with Gasteiger partial charge in [-0.05, 0) is 6.42 Å². The van der Waals surface area contributed by atoms with Crippen LogP contribution in [0, 0.1) is 0 Å². The number of hydrogen-bond donors (Lipinski definition) is 3. The van der Waals surface area contributed by atoms with Gasteiger partial charge in [-0.15, -0.1) is 0 Å². The minimum Gasteiger partial charge on any atom is -0.480 e. The number of nitrogens with two attached hydrogens (primary N) is 1. The maximum absolute atomic E-state index is 11.8. The van der Waals surface area contributed by atoms with Crippen LogP contribution in [-0.2, 0) is 20.9 Å². The van der Waals surface area contributed by atoms with E-state index in [0.29, 0.717) is 5.76 Å². The Morgan fingerprint density at radius 3 is 2.80 bits per heavy atom. The van der Waals surface area contributed by atoms with Crippen molar-refractivity contribution in [2.24, 2.45) is 5.73 Å². The first-order valence-electron chi connectivity index (χ1n) is 5.70. The Bertz CT molecular complexity index is 498. The number of rotatable bonds is 8. The van der Waals surface area contributed by atoms with E-state index in [9.17, 15) is 14.4 Å². The van der Waals surface area contributed by atoms with Gasteiger partial charge in [-0.2, -0.15) is 0 Å². The standard InChI is InChI=1S/C11H15N3O6/c1-19-5-6-4-8(14-20-6)10(16)13-7(11(17)18)2-3-9(12)15/h4,7H,2-3,5H2,1H3,(H2,12,15)(H,13,16)(H,17,18). The monoisotopic (exact) mass is 285 g/mol. The van der Waals surface area contributed by atoms with E-state index >= 15 is 0 Å². The molecule has 0 aromatic carbocycles. The summed E-state index contributed by atoms with van der Waals surface area (Å²) in [6, 6.07) is 0.115. The second-order valence-electron chi connectivity index (χ2n) is 3.98. The molecular weight excluding hydrogens is 270 g/mol. The van der Waals surface area contributed by atoms with Crippen molar-refractivity contribution in [2.75, 3.05) is 7.11 Å². The summed E-state index contributed by atoms with van der Waals surface area (Å²) >= 11 is 0. The van der Waals surface area contributed by atoms with E-state index in [4.69, 9.17) is 20.1 Å². The van der Waals surface area contributed by atoms with Crippen molar-refractivity contribution >= 4 is 17.8 Å². The second kappa shape index (κ2) is 7.24. The fourth-order valence-electron chi connectivity index (χ4n) is 1.41. The van der Waals surface area contributed by atoms with Gasteiger partial charge in [0.1, 0.15) is 12.6 Å². The minimum atomic E-state index is -1.26. The Morgan fingerprint density at radius 2 is 2.25 bits per heavy atom. The Hall–Kier alpha value is -2.42. The first-order valence-corrected chi connectivity index (χ1v) is 5.70. The molecule has 1 aromatic heterocycles. The highest BCUT2D eigenvalue weighted by atomic mass is 16.5. The van der Waals surface area contributed by atoms with Gasteiger partial charge in [-0.3, -0.25) is 9.59 Å². The molecule has 9 heteroatoms. The number of carboxylic acid groups (broad SMARTS) is 1. The molecule has 4 N–H and O–H groups in total. The SMILES string of the molecule is COCc1cc(C(=O)NC(CCC(N)=O)C(=O)O)no1. The zero-order valence-corrected chi connectivity index (χ0v) is 10.8. The molecule has 1 aromatic rings. The summed E-state index contributed by atoms with van der Waals surface area (Å²) < 4.78 is 9.60. The van der Waals surface area contributed by atoms with Gasteiger partial charge in [0.05, 0.1) is 0 Å². The van der Waals surface area contributed by atoms with Crippen LogP contribution in [0.2, 0.25) is 0 Å². The number of nitrogens with one attached hydrogen (secondary N) is 1. The molecule has 0 radical (unpaired) electrons. The summed E-state index contributed by atoms with van der Waals surface area (Å²) in [6.07, 6.45) is -0.246. The van der Waals surface area contributed by atoms with Crippen LogP contribution in [0.3, 0.4) is 0 Å². The van der Waals surface area contributed by atoms with E-state index in [2.05, 4.69) is 10.5 Å². The van der Waals surface area contributed by atoms with Crippen LogP contribution in [0.4, 0.5) is 0 Å². The van der Waals surface area contributed by atoms with Crippen molar-refractivity contribution in [3.63, 3.8) is 0 Å². The molecule has 0 fully saturated rings. The number of aliphatic carboxylic acids is 1. The number of carbonyl (C=O) groups is 3. The molecule has 0 aliphatic carbocycles. The molecule has 20 heavy (non-hydrogen) atoms. The summed E-state index contributed by atoms with van der Waals surface area (Å²) in [5.74, 6) is -2.29. The normalized spacial score (nSPS) is 11.8. The van der Waals surface area contributed by atoms with Crippen molar-refractivity contribution < 1.29 is 28.8 Å². The van der Waals surface area contributed by atoms with Crippen LogP contribution in [-0.4, -0.2) is 41.2 Å². The van der Waals surface area contributed by atoms with Gasteiger partial charge in [0, 0.05) is 19.6 Å². The van der Waals surface area contributed by atoms with Gasteiger partial charge in [-0.25, -0.2) is 4.79 Å². The van der Waals surface area contributed by atoms with Crippen LogP contribution < -0.4 is 11.1 Å². The fourth-order valence-corrected chi connectivity index (χ4v) is 1.41. The number of hydrogen-bond acceptors (Lipinski definition) is 6. The van der Waals surface area contributed by atoms with Gasteiger partial charge in [0.25, 0.3) is 5.91 Å². The summed E-state index contributed by atoms with van der Waals surface area (Å²) in [5.41, 5.74) is 4.87. The lowest BCUT2D eigenvalue weighted by molar-refractivity contribution is -0.139. The zero-order valence-electron chi connectivity index (χ0n) is 10.8. The van der Waals surface area contributed by atoms with E-state index in [0.717, 1.165) is 0 Å². The fraction of sp³-hybridized carbons (Fsp3) is 0.455. The first-order chi connectivity index (χ1) is 9.43. The molecule has 0 saturated carbocycles. The maximum Gasteiger partial charge on any atom is 0.326 e. The molecule has 110 valence electrons. The molecule has 0 bridgehead atoms. The summed E-state index contributed by atoms with van der Waals surface area (Å²) in [6.45, 7) is 0.143. The second-order valence-corrected chi connectivity index (χ2v) is 3.98. The third-order valence-corrected chi connectivity index (χ3v) is 2.36. The average Bonchev–Trinajstić information content (AvgIpc) is 2.82. The highest BCUT2D eigenvalue weighted by Gasteiger charge is 2.23. The van der Waals surface area contributed by atoms with Crippen LogP contribution in [0.5, 0.6) is 0 Å². The number of nitrogens with zero attached hydrogens (tertiary/aromatic N) is 1. The quantitative estimate of drug-likeness (QED) is 0.570.